The van der Waals surface area contributed by atoms with Gasteiger partial charge in [0.1, 0.15) is 23.1 Å². The van der Waals surface area contributed by atoms with Crippen molar-refractivity contribution in [2.24, 2.45) is 0 Å². The van der Waals surface area contributed by atoms with Crippen molar-refractivity contribution in [1.29, 1.82) is 0 Å². The van der Waals surface area contributed by atoms with Crippen LogP contribution in [0.3, 0.4) is 0 Å². The van der Waals surface area contributed by atoms with Gasteiger partial charge in [0.2, 0.25) is 5.91 Å². The number of anilines is 1. The molecule has 1 saturated heterocycles. The van der Waals surface area contributed by atoms with Gasteiger partial charge in [-0.3, -0.25) is 19.7 Å². The Bertz CT molecular complexity index is 1420. The van der Waals surface area contributed by atoms with Crippen molar-refractivity contribution in [2.45, 2.75) is 63.7 Å². The third kappa shape index (κ3) is 8.51. The molecule has 1 aliphatic heterocycles. The second-order valence-corrected chi connectivity index (χ2v) is 11.4. The average molecular weight is 601 g/mol. The van der Waals surface area contributed by atoms with E-state index in [1.54, 1.807) is 20.8 Å². The maximum absolute atomic E-state index is 15.0. The van der Waals surface area contributed by atoms with E-state index in [2.05, 4.69) is 15.3 Å². The zero-order chi connectivity index (χ0) is 31.1. The third-order valence-electron chi connectivity index (χ3n) is 7.04. The van der Waals surface area contributed by atoms with Gasteiger partial charge in [0.05, 0.1) is 56.2 Å². The number of hydrogen-bond donors (Lipinski definition) is 2. The SMILES string of the molecule is CC(C)(C)OC(=O)N1C[C@@H](CCc2c(F)cncc2NC(=O)C[C@@H](c2ccc(F)cc2)c2ccncc2F)OC[C@H]1CO. The van der Waals surface area contributed by atoms with Crippen LogP contribution in [-0.2, 0) is 20.7 Å². The van der Waals surface area contributed by atoms with Gasteiger partial charge in [0.25, 0.3) is 0 Å². The lowest BCUT2D eigenvalue weighted by Gasteiger charge is -2.39. The van der Waals surface area contributed by atoms with Gasteiger partial charge in [-0.2, -0.15) is 0 Å². The number of aliphatic hydroxyl groups is 1. The molecule has 9 nitrogen and oxygen atoms in total. The molecule has 0 aliphatic carbocycles. The van der Waals surface area contributed by atoms with E-state index in [4.69, 9.17) is 9.47 Å². The van der Waals surface area contributed by atoms with Crippen LogP contribution in [0.5, 0.6) is 0 Å². The maximum atomic E-state index is 15.0. The fraction of sp³-hybridized carbons (Fsp3) is 0.419. The van der Waals surface area contributed by atoms with Gasteiger partial charge in [-0.25, -0.2) is 18.0 Å². The zero-order valence-corrected chi connectivity index (χ0v) is 24.2. The summed E-state index contributed by atoms with van der Waals surface area (Å²) in [6.45, 7) is 5.14. The van der Waals surface area contributed by atoms with E-state index >= 15 is 0 Å². The van der Waals surface area contributed by atoms with Crippen LogP contribution in [0.15, 0.2) is 55.1 Å². The Labute approximate surface area is 248 Å². The number of pyridine rings is 2. The summed E-state index contributed by atoms with van der Waals surface area (Å²) in [5, 5.41) is 12.4. The average Bonchev–Trinajstić information content (AvgIpc) is 2.95. The standard InChI is InChI=1S/C31H35F3N4O5/c1-31(2,3)43-30(41)38-16-22(42-18-21(38)17-39)8-9-24-27(34)14-36-15-28(24)37-29(40)12-25(19-4-6-20(32)7-5-19)23-10-11-35-13-26(23)33/h4-7,10-11,13-15,21-22,25,39H,8-9,12,16-18H2,1-3H3,(H,37,40)/t21-,22-,25+/m1/s1. The summed E-state index contributed by atoms with van der Waals surface area (Å²) < 4.78 is 54.6. The minimum atomic E-state index is -0.762. The first-order valence-corrected chi connectivity index (χ1v) is 13.9. The summed E-state index contributed by atoms with van der Waals surface area (Å²) >= 11 is 0. The molecule has 0 bridgehead atoms. The molecule has 2 N–H and O–H groups in total. The lowest BCUT2D eigenvalue weighted by molar-refractivity contribution is -0.116. The molecule has 3 atom stereocenters. The monoisotopic (exact) mass is 600 g/mol. The van der Waals surface area contributed by atoms with Crippen molar-refractivity contribution < 1.29 is 37.3 Å². The maximum Gasteiger partial charge on any atom is 0.410 e. The lowest BCUT2D eigenvalue weighted by atomic mass is 9.88. The Balaban J connectivity index is 1.47. The molecule has 2 aromatic heterocycles. The van der Waals surface area contributed by atoms with E-state index in [0.29, 0.717) is 12.0 Å². The number of rotatable bonds is 9. The number of aromatic nitrogens is 2. The van der Waals surface area contributed by atoms with Crippen LogP contribution in [-0.4, -0.2) is 69.5 Å². The van der Waals surface area contributed by atoms with Crippen molar-refractivity contribution in [3.8, 4) is 0 Å². The molecule has 0 spiro atoms. The van der Waals surface area contributed by atoms with E-state index in [9.17, 15) is 27.9 Å². The van der Waals surface area contributed by atoms with Crippen molar-refractivity contribution in [3.05, 3.63) is 89.3 Å². The van der Waals surface area contributed by atoms with Crippen molar-refractivity contribution in [2.75, 3.05) is 25.1 Å². The van der Waals surface area contributed by atoms with E-state index in [1.807, 2.05) is 0 Å². The Morgan fingerprint density at radius 1 is 1.09 bits per heavy atom. The normalized spacial score (nSPS) is 17.8. The first kappa shape index (κ1) is 31.9. The number of hydrogen-bond acceptors (Lipinski definition) is 7. The third-order valence-corrected chi connectivity index (χ3v) is 7.04. The molecular weight excluding hydrogens is 565 g/mol. The van der Waals surface area contributed by atoms with Crippen molar-refractivity contribution in [1.82, 2.24) is 14.9 Å². The number of halogens is 3. The highest BCUT2D eigenvalue weighted by Crippen LogP contribution is 2.31. The second kappa shape index (κ2) is 14.0. The van der Waals surface area contributed by atoms with Gasteiger partial charge in [0.15, 0.2) is 0 Å². The predicted octanol–water partition coefficient (Wildman–Crippen LogP) is 4.98. The van der Waals surface area contributed by atoms with Crippen LogP contribution < -0.4 is 5.32 Å². The number of aliphatic hydroxyl groups excluding tert-OH is 1. The number of ether oxygens (including phenoxy) is 2. The Morgan fingerprint density at radius 2 is 1.81 bits per heavy atom. The fourth-order valence-corrected chi connectivity index (χ4v) is 4.91. The van der Waals surface area contributed by atoms with Crippen molar-refractivity contribution in [3.63, 3.8) is 0 Å². The number of carbonyl (C=O) groups is 2. The number of morpholine rings is 1. The molecule has 1 fully saturated rings. The molecule has 0 radical (unpaired) electrons. The van der Waals surface area contributed by atoms with Crippen LogP contribution in [0, 0.1) is 17.5 Å². The molecule has 0 unspecified atom stereocenters. The van der Waals surface area contributed by atoms with Crippen LogP contribution in [0.1, 0.15) is 56.2 Å². The lowest BCUT2D eigenvalue weighted by Crippen LogP contribution is -2.55. The summed E-state index contributed by atoms with van der Waals surface area (Å²) in [4.78, 5) is 35.0. The molecule has 2 amide bonds. The van der Waals surface area contributed by atoms with Gasteiger partial charge < -0.3 is 19.9 Å². The number of nitrogens with zero attached hydrogens (tertiary/aromatic N) is 3. The summed E-state index contributed by atoms with van der Waals surface area (Å²) in [6.07, 6.45) is 3.96. The first-order valence-electron chi connectivity index (χ1n) is 13.9. The highest BCUT2D eigenvalue weighted by atomic mass is 19.1. The summed E-state index contributed by atoms with van der Waals surface area (Å²) in [5.41, 5.74) is 0.334. The molecular formula is C31H35F3N4O5. The van der Waals surface area contributed by atoms with Crippen LogP contribution in [0.4, 0.5) is 23.7 Å². The second-order valence-electron chi connectivity index (χ2n) is 11.4. The van der Waals surface area contributed by atoms with E-state index < -0.39 is 53.1 Å². The highest BCUT2D eigenvalue weighted by molar-refractivity contribution is 5.92. The van der Waals surface area contributed by atoms with Gasteiger partial charge >= 0.3 is 6.09 Å². The van der Waals surface area contributed by atoms with Crippen LogP contribution in [0.2, 0.25) is 0 Å². The molecule has 230 valence electrons. The molecule has 3 aromatic rings. The molecule has 1 aromatic carbocycles. The first-order chi connectivity index (χ1) is 20.4. The largest absolute Gasteiger partial charge is 0.444 e. The topological polar surface area (TPSA) is 114 Å². The predicted molar refractivity (Wildman–Crippen MR) is 152 cm³/mol. The fourth-order valence-electron chi connectivity index (χ4n) is 4.91. The molecule has 3 heterocycles. The molecule has 12 heteroatoms. The number of nitrogens with one attached hydrogen (secondary N) is 1. The highest BCUT2D eigenvalue weighted by Gasteiger charge is 2.35. The van der Waals surface area contributed by atoms with Crippen molar-refractivity contribution >= 4 is 17.7 Å². The minimum Gasteiger partial charge on any atom is -0.444 e. The number of carbonyl (C=O) groups excluding carboxylic acids is 2. The minimum absolute atomic E-state index is 0.0825. The van der Waals surface area contributed by atoms with E-state index in [-0.39, 0.29) is 49.4 Å². The Hall–Kier alpha value is -4.03. The van der Waals surface area contributed by atoms with Gasteiger partial charge in [-0.05, 0) is 62.9 Å². The summed E-state index contributed by atoms with van der Waals surface area (Å²) in [5.74, 6) is -3.02. The van der Waals surface area contributed by atoms with E-state index in [1.165, 1.54) is 47.6 Å². The van der Waals surface area contributed by atoms with Gasteiger partial charge in [-0.15, -0.1) is 0 Å². The zero-order valence-electron chi connectivity index (χ0n) is 24.2. The smallest absolute Gasteiger partial charge is 0.410 e. The van der Waals surface area contributed by atoms with Crippen LogP contribution in [0.25, 0.3) is 0 Å². The van der Waals surface area contributed by atoms with Gasteiger partial charge in [0, 0.05) is 24.1 Å². The summed E-state index contributed by atoms with van der Waals surface area (Å²) in [7, 11) is 0. The van der Waals surface area contributed by atoms with Crippen LogP contribution >= 0.6 is 0 Å². The Morgan fingerprint density at radius 3 is 2.49 bits per heavy atom. The molecule has 0 saturated carbocycles. The number of amides is 2. The molecule has 4 rings (SSSR count). The van der Waals surface area contributed by atoms with Gasteiger partial charge in [-0.1, -0.05) is 12.1 Å². The Kier molecular flexibility index (Phi) is 10.4. The summed E-state index contributed by atoms with van der Waals surface area (Å²) in [6, 6.07) is 6.31. The quantitative estimate of drug-likeness (QED) is 0.356. The molecule has 43 heavy (non-hydrogen) atoms. The number of benzene rings is 1. The van der Waals surface area contributed by atoms with E-state index in [0.717, 1.165) is 12.4 Å². The molecule has 1 aliphatic rings.